The molecule has 0 atom stereocenters. The maximum Gasteiger partial charge on any atom is 0.328 e. The molecule has 6 nitrogen and oxygen atoms in total. The molecule has 0 saturated carbocycles. The van der Waals surface area contributed by atoms with Crippen molar-refractivity contribution in [1.82, 2.24) is 15.3 Å². The van der Waals surface area contributed by atoms with E-state index in [-0.39, 0.29) is 5.91 Å². The van der Waals surface area contributed by atoms with Crippen LogP contribution in [-0.2, 0) is 11.3 Å². The van der Waals surface area contributed by atoms with Gasteiger partial charge in [0.2, 0.25) is 0 Å². The van der Waals surface area contributed by atoms with E-state index in [1.165, 1.54) is 24.8 Å². The van der Waals surface area contributed by atoms with Crippen LogP contribution in [0.2, 0.25) is 0 Å². The Bertz CT molecular complexity index is 652. The molecule has 0 aliphatic carbocycles. The highest BCUT2D eigenvalue weighted by Gasteiger charge is 2.04. The van der Waals surface area contributed by atoms with E-state index in [9.17, 15) is 9.59 Å². The van der Waals surface area contributed by atoms with E-state index in [2.05, 4.69) is 15.3 Å². The second kappa shape index (κ2) is 6.95. The largest absolute Gasteiger partial charge is 0.478 e. The van der Waals surface area contributed by atoms with Gasteiger partial charge in [0.15, 0.2) is 0 Å². The lowest BCUT2D eigenvalue weighted by Gasteiger charge is -2.05. The molecule has 0 fully saturated rings. The molecule has 6 heteroatoms. The number of carboxylic acids is 1. The molecule has 1 heterocycles. The quantitative estimate of drug-likeness (QED) is 0.811. The molecule has 1 aromatic carbocycles. The number of amides is 1. The minimum atomic E-state index is -0.989. The maximum absolute atomic E-state index is 11.8. The Balaban J connectivity index is 1.92. The Morgan fingerprint density at radius 2 is 1.81 bits per heavy atom. The molecule has 0 saturated heterocycles. The van der Waals surface area contributed by atoms with Crippen molar-refractivity contribution in [3.8, 4) is 0 Å². The Hall–Kier alpha value is -3.02. The third-order valence-corrected chi connectivity index (χ3v) is 2.67. The van der Waals surface area contributed by atoms with Crippen LogP contribution < -0.4 is 5.32 Å². The molecule has 2 aromatic rings. The fourth-order valence-electron chi connectivity index (χ4n) is 1.61. The predicted octanol–water partition coefficient (Wildman–Crippen LogP) is 1.50. The van der Waals surface area contributed by atoms with Crippen molar-refractivity contribution in [2.24, 2.45) is 0 Å². The van der Waals surface area contributed by atoms with Gasteiger partial charge in [-0.05, 0) is 17.2 Å². The molecule has 0 aliphatic heterocycles. The summed E-state index contributed by atoms with van der Waals surface area (Å²) in [5.41, 5.74) is 2.09. The molecule has 21 heavy (non-hydrogen) atoms. The Kier molecular flexibility index (Phi) is 4.76. The summed E-state index contributed by atoms with van der Waals surface area (Å²) in [7, 11) is 0. The number of rotatable bonds is 5. The van der Waals surface area contributed by atoms with Crippen LogP contribution in [0.5, 0.6) is 0 Å². The fraction of sp³-hybridized carbons (Fsp3) is 0.0667. The van der Waals surface area contributed by atoms with E-state index in [0.717, 1.165) is 17.2 Å². The van der Waals surface area contributed by atoms with Gasteiger partial charge < -0.3 is 10.4 Å². The number of aromatic nitrogens is 2. The lowest BCUT2D eigenvalue weighted by atomic mass is 10.1. The van der Waals surface area contributed by atoms with E-state index >= 15 is 0 Å². The molecule has 0 bridgehead atoms. The van der Waals surface area contributed by atoms with Crippen LogP contribution in [0.15, 0.2) is 49.1 Å². The molecule has 0 radical (unpaired) electrons. The molecule has 2 rings (SSSR count). The SMILES string of the molecule is O=C(O)/C=C/c1ccc(CNC(=O)c2cncnc2)cc1. The highest BCUT2D eigenvalue weighted by Crippen LogP contribution is 2.06. The summed E-state index contributed by atoms with van der Waals surface area (Å²) < 4.78 is 0. The van der Waals surface area contributed by atoms with Crippen molar-refractivity contribution < 1.29 is 14.7 Å². The summed E-state index contributed by atoms with van der Waals surface area (Å²) in [6.45, 7) is 0.372. The number of carboxylic acid groups (broad SMARTS) is 1. The molecular weight excluding hydrogens is 270 g/mol. The normalized spacial score (nSPS) is 10.5. The van der Waals surface area contributed by atoms with Gasteiger partial charge in [-0.3, -0.25) is 4.79 Å². The van der Waals surface area contributed by atoms with E-state index in [1.54, 1.807) is 12.1 Å². The maximum atomic E-state index is 11.8. The van der Waals surface area contributed by atoms with Gasteiger partial charge in [0, 0.05) is 25.0 Å². The van der Waals surface area contributed by atoms with Gasteiger partial charge in [-0.25, -0.2) is 14.8 Å². The summed E-state index contributed by atoms with van der Waals surface area (Å²) in [5.74, 6) is -1.23. The van der Waals surface area contributed by atoms with Gasteiger partial charge in [0.1, 0.15) is 6.33 Å². The predicted molar refractivity (Wildman–Crippen MR) is 76.3 cm³/mol. The summed E-state index contributed by atoms with van der Waals surface area (Å²) in [4.78, 5) is 29.8. The molecular formula is C15H13N3O3. The zero-order valence-corrected chi connectivity index (χ0v) is 11.1. The highest BCUT2D eigenvalue weighted by molar-refractivity contribution is 5.93. The third kappa shape index (κ3) is 4.54. The van der Waals surface area contributed by atoms with Crippen LogP contribution in [0.3, 0.4) is 0 Å². The smallest absolute Gasteiger partial charge is 0.328 e. The molecule has 1 amide bonds. The van der Waals surface area contributed by atoms with Crippen LogP contribution >= 0.6 is 0 Å². The fourth-order valence-corrected chi connectivity index (χ4v) is 1.61. The van der Waals surface area contributed by atoms with Gasteiger partial charge in [-0.2, -0.15) is 0 Å². The van der Waals surface area contributed by atoms with E-state index in [0.29, 0.717) is 12.1 Å². The van der Waals surface area contributed by atoms with Crippen LogP contribution in [-0.4, -0.2) is 27.0 Å². The second-order valence-corrected chi connectivity index (χ2v) is 4.22. The number of hydrogen-bond acceptors (Lipinski definition) is 4. The molecule has 1 aromatic heterocycles. The summed E-state index contributed by atoms with van der Waals surface area (Å²) in [5, 5.41) is 11.3. The van der Waals surface area contributed by atoms with Crippen LogP contribution in [0.25, 0.3) is 6.08 Å². The van der Waals surface area contributed by atoms with Crippen molar-refractivity contribution in [3.63, 3.8) is 0 Å². The number of carbonyl (C=O) groups excluding carboxylic acids is 1. The number of benzene rings is 1. The number of nitrogens with one attached hydrogen (secondary N) is 1. The third-order valence-electron chi connectivity index (χ3n) is 2.67. The number of nitrogens with zero attached hydrogens (tertiary/aromatic N) is 2. The molecule has 106 valence electrons. The van der Waals surface area contributed by atoms with Gasteiger partial charge in [-0.15, -0.1) is 0 Å². The number of aliphatic carboxylic acids is 1. The second-order valence-electron chi connectivity index (χ2n) is 4.22. The zero-order valence-electron chi connectivity index (χ0n) is 11.1. The zero-order chi connectivity index (χ0) is 15.1. The lowest BCUT2D eigenvalue weighted by molar-refractivity contribution is -0.131. The number of hydrogen-bond donors (Lipinski definition) is 2. The molecule has 2 N–H and O–H groups in total. The Morgan fingerprint density at radius 1 is 1.14 bits per heavy atom. The Morgan fingerprint density at radius 3 is 2.43 bits per heavy atom. The van der Waals surface area contributed by atoms with Crippen LogP contribution in [0.4, 0.5) is 0 Å². The first-order valence-corrected chi connectivity index (χ1v) is 6.18. The summed E-state index contributed by atoms with van der Waals surface area (Å²) >= 11 is 0. The van der Waals surface area contributed by atoms with E-state index in [4.69, 9.17) is 5.11 Å². The first-order chi connectivity index (χ1) is 10.1. The van der Waals surface area contributed by atoms with Crippen LogP contribution in [0.1, 0.15) is 21.5 Å². The number of carbonyl (C=O) groups is 2. The van der Waals surface area contributed by atoms with Crippen molar-refractivity contribution in [2.45, 2.75) is 6.54 Å². The summed E-state index contributed by atoms with van der Waals surface area (Å²) in [6.07, 6.45) is 6.84. The van der Waals surface area contributed by atoms with Gasteiger partial charge in [-0.1, -0.05) is 24.3 Å². The minimum absolute atomic E-state index is 0.245. The topological polar surface area (TPSA) is 92.2 Å². The van der Waals surface area contributed by atoms with Gasteiger partial charge in [0.25, 0.3) is 5.91 Å². The first kappa shape index (κ1) is 14.4. The average molecular weight is 283 g/mol. The summed E-state index contributed by atoms with van der Waals surface area (Å²) in [6, 6.07) is 7.21. The standard InChI is InChI=1S/C15H13N3O3/c19-14(20)6-5-11-1-3-12(4-2-11)7-18-15(21)13-8-16-10-17-9-13/h1-6,8-10H,7H2,(H,18,21)(H,19,20)/b6-5+. The van der Waals surface area contributed by atoms with Gasteiger partial charge in [0.05, 0.1) is 5.56 Å². The molecule has 0 spiro atoms. The van der Waals surface area contributed by atoms with Crippen molar-refractivity contribution >= 4 is 18.0 Å². The Labute approximate surface area is 121 Å². The van der Waals surface area contributed by atoms with Gasteiger partial charge >= 0.3 is 5.97 Å². The molecule has 0 unspecified atom stereocenters. The van der Waals surface area contributed by atoms with Crippen molar-refractivity contribution in [2.75, 3.05) is 0 Å². The van der Waals surface area contributed by atoms with E-state index in [1.807, 2.05) is 12.1 Å². The first-order valence-electron chi connectivity index (χ1n) is 6.18. The van der Waals surface area contributed by atoms with E-state index < -0.39 is 5.97 Å². The molecule has 0 aliphatic rings. The highest BCUT2D eigenvalue weighted by atomic mass is 16.4. The average Bonchev–Trinajstić information content (AvgIpc) is 2.52. The minimum Gasteiger partial charge on any atom is -0.478 e. The monoisotopic (exact) mass is 283 g/mol. The van der Waals surface area contributed by atoms with Crippen molar-refractivity contribution in [1.29, 1.82) is 0 Å². The lowest BCUT2D eigenvalue weighted by Crippen LogP contribution is -2.23. The van der Waals surface area contributed by atoms with Crippen LogP contribution in [0, 0.1) is 0 Å². The van der Waals surface area contributed by atoms with Crippen molar-refractivity contribution in [3.05, 3.63) is 65.8 Å².